The number of carbonyl (C=O) groups is 1. The molecule has 0 saturated heterocycles. The Bertz CT molecular complexity index is 583. The van der Waals surface area contributed by atoms with Crippen LogP contribution in [0.5, 0.6) is 0 Å². The second-order valence-electron chi connectivity index (χ2n) is 4.39. The molecule has 0 aliphatic heterocycles. The lowest BCUT2D eigenvalue weighted by molar-refractivity contribution is 0.0950. The van der Waals surface area contributed by atoms with Gasteiger partial charge in [0.15, 0.2) is 0 Å². The fourth-order valence-corrected chi connectivity index (χ4v) is 3.36. The number of hydrogen-bond acceptors (Lipinski definition) is 3. The molecule has 1 aromatic carbocycles. The first kappa shape index (κ1) is 15.2. The van der Waals surface area contributed by atoms with E-state index in [1.165, 1.54) is 0 Å². The van der Waals surface area contributed by atoms with Crippen molar-refractivity contribution in [2.24, 2.45) is 0 Å². The number of rotatable bonds is 6. The quantitative estimate of drug-likeness (QED) is 0.837. The van der Waals surface area contributed by atoms with Crippen molar-refractivity contribution in [2.45, 2.75) is 13.0 Å². The Balaban J connectivity index is 2.03. The molecule has 0 radical (unpaired) electrons. The highest BCUT2D eigenvalue weighted by atomic mass is 79.9. The lowest BCUT2D eigenvalue weighted by Crippen LogP contribution is -2.24. The molecule has 0 spiro atoms. The fraction of sp³-hybridized carbons (Fsp3) is 0.267. The summed E-state index contributed by atoms with van der Waals surface area (Å²) in [6.45, 7) is 1.41. The molecule has 3 nitrogen and oxygen atoms in total. The summed E-state index contributed by atoms with van der Waals surface area (Å²) < 4.78 is 1.05. The molecule has 2 rings (SSSR count). The van der Waals surface area contributed by atoms with E-state index in [1.54, 1.807) is 11.3 Å². The van der Waals surface area contributed by atoms with Crippen LogP contribution in [0.1, 0.15) is 20.8 Å². The maximum absolute atomic E-state index is 12.3. The molecular formula is C15H17BrN2OS. The van der Waals surface area contributed by atoms with Crippen LogP contribution >= 0.6 is 27.3 Å². The van der Waals surface area contributed by atoms with Gasteiger partial charge in [0.1, 0.15) is 0 Å². The van der Waals surface area contributed by atoms with Crippen LogP contribution in [-0.4, -0.2) is 19.5 Å². The maximum atomic E-state index is 12.3. The molecule has 2 N–H and O–H groups in total. The van der Waals surface area contributed by atoms with E-state index in [0.29, 0.717) is 6.54 Å². The second-order valence-corrected chi connectivity index (χ2v) is 6.24. The van der Waals surface area contributed by atoms with Gasteiger partial charge in [0, 0.05) is 14.9 Å². The van der Waals surface area contributed by atoms with Crippen LogP contribution in [0.3, 0.4) is 0 Å². The van der Waals surface area contributed by atoms with Crippen molar-refractivity contribution in [2.75, 3.05) is 13.6 Å². The number of nitrogens with one attached hydrogen (secondary N) is 2. The molecule has 0 aliphatic rings. The molecule has 1 aromatic heterocycles. The number of benzene rings is 1. The van der Waals surface area contributed by atoms with Gasteiger partial charge in [-0.15, -0.1) is 11.3 Å². The molecule has 1 heterocycles. The highest BCUT2D eigenvalue weighted by molar-refractivity contribution is 9.10. The zero-order valence-electron chi connectivity index (χ0n) is 11.3. The van der Waals surface area contributed by atoms with Gasteiger partial charge in [0.2, 0.25) is 0 Å². The third kappa shape index (κ3) is 3.91. The summed E-state index contributed by atoms with van der Waals surface area (Å²) in [6.07, 6.45) is 0.850. The van der Waals surface area contributed by atoms with Crippen LogP contribution in [0.2, 0.25) is 0 Å². The molecule has 0 bridgehead atoms. The summed E-state index contributed by atoms with van der Waals surface area (Å²) in [5.74, 6) is -0.0167. The first-order chi connectivity index (χ1) is 9.72. The monoisotopic (exact) mass is 352 g/mol. The summed E-state index contributed by atoms with van der Waals surface area (Å²) in [4.78, 5) is 13.4. The van der Waals surface area contributed by atoms with E-state index in [-0.39, 0.29) is 5.91 Å². The summed E-state index contributed by atoms with van der Waals surface area (Å²) >= 11 is 5.11. The maximum Gasteiger partial charge on any atom is 0.251 e. The molecule has 1 amide bonds. The molecular weight excluding hydrogens is 336 g/mol. The van der Waals surface area contributed by atoms with Crippen LogP contribution in [0.15, 0.2) is 40.2 Å². The highest BCUT2D eigenvalue weighted by Gasteiger charge is 2.11. The zero-order valence-corrected chi connectivity index (χ0v) is 13.7. The number of likely N-dealkylation sites (N-methyl/N-ethyl adjacent to an activating group) is 1. The van der Waals surface area contributed by atoms with E-state index >= 15 is 0 Å². The third-order valence-electron chi connectivity index (χ3n) is 3.01. The van der Waals surface area contributed by atoms with Gasteiger partial charge in [-0.2, -0.15) is 0 Å². The van der Waals surface area contributed by atoms with E-state index in [4.69, 9.17) is 0 Å². The smallest absolute Gasteiger partial charge is 0.251 e. The van der Waals surface area contributed by atoms with Gasteiger partial charge in [-0.25, -0.2) is 0 Å². The van der Waals surface area contributed by atoms with Crippen molar-refractivity contribution < 1.29 is 4.79 Å². The molecule has 0 unspecified atom stereocenters. The molecule has 5 heteroatoms. The van der Waals surface area contributed by atoms with Crippen molar-refractivity contribution in [3.63, 3.8) is 0 Å². The van der Waals surface area contributed by atoms with Crippen molar-refractivity contribution in [3.05, 3.63) is 56.2 Å². The highest BCUT2D eigenvalue weighted by Crippen LogP contribution is 2.22. The average molecular weight is 353 g/mol. The van der Waals surface area contributed by atoms with Gasteiger partial charge in [-0.1, -0.05) is 18.2 Å². The Morgan fingerprint density at radius 3 is 2.80 bits per heavy atom. The van der Waals surface area contributed by atoms with Crippen molar-refractivity contribution >= 4 is 33.2 Å². The Hall–Kier alpha value is -1.17. The number of carbonyl (C=O) groups excluding carboxylic acids is 1. The van der Waals surface area contributed by atoms with Crippen molar-refractivity contribution in [1.29, 1.82) is 0 Å². The number of thiophene rings is 1. The Morgan fingerprint density at radius 2 is 2.10 bits per heavy atom. The molecule has 106 valence electrons. The fourth-order valence-electron chi connectivity index (χ4n) is 1.93. The zero-order chi connectivity index (χ0) is 14.4. The lowest BCUT2D eigenvalue weighted by Gasteiger charge is -2.09. The second kappa shape index (κ2) is 7.57. The molecule has 0 atom stereocenters. The van der Waals surface area contributed by atoms with Gasteiger partial charge in [-0.3, -0.25) is 4.79 Å². The van der Waals surface area contributed by atoms with Gasteiger partial charge in [0.05, 0.1) is 6.54 Å². The lowest BCUT2D eigenvalue weighted by atomic mass is 10.0. The predicted octanol–water partition coefficient (Wildman–Crippen LogP) is 3.20. The predicted molar refractivity (Wildman–Crippen MR) is 87.3 cm³/mol. The van der Waals surface area contributed by atoms with E-state index in [0.717, 1.165) is 33.4 Å². The standard InChI is InChI=1S/C15H17BrN2OS/c1-17-8-6-11-4-2-3-5-12(11)15(19)18-10-14-13(16)7-9-20-14/h2-5,7,9,17H,6,8,10H2,1H3,(H,18,19). The van der Waals surface area contributed by atoms with Crippen LogP contribution in [0, 0.1) is 0 Å². The average Bonchev–Trinajstić information content (AvgIpc) is 2.88. The SMILES string of the molecule is CNCCc1ccccc1C(=O)NCc1sccc1Br. The van der Waals surface area contributed by atoms with E-state index < -0.39 is 0 Å². The minimum absolute atomic E-state index is 0.0167. The van der Waals surface area contributed by atoms with Gasteiger partial charge >= 0.3 is 0 Å². The summed E-state index contributed by atoms with van der Waals surface area (Å²) in [5, 5.41) is 8.09. The Labute approximate surface area is 131 Å². The first-order valence-electron chi connectivity index (χ1n) is 6.45. The summed E-state index contributed by atoms with van der Waals surface area (Å²) in [6, 6.07) is 9.75. The largest absolute Gasteiger partial charge is 0.347 e. The first-order valence-corrected chi connectivity index (χ1v) is 8.12. The minimum Gasteiger partial charge on any atom is -0.347 e. The van der Waals surface area contributed by atoms with Crippen LogP contribution in [0.25, 0.3) is 0 Å². The van der Waals surface area contributed by atoms with Gasteiger partial charge < -0.3 is 10.6 Å². The summed E-state index contributed by atoms with van der Waals surface area (Å²) in [5.41, 5.74) is 1.83. The van der Waals surface area contributed by atoms with Crippen LogP contribution < -0.4 is 10.6 Å². The van der Waals surface area contributed by atoms with Crippen molar-refractivity contribution in [3.8, 4) is 0 Å². The minimum atomic E-state index is -0.0167. The van der Waals surface area contributed by atoms with Crippen LogP contribution in [0.4, 0.5) is 0 Å². The molecule has 0 saturated carbocycles. The van der Waals surface area contributed by atoms with Crippen LogP contribution in [-0.2, 0) is 13.0 Å². The van der Waals surface area contributed by atoms with Gasteiger partial charge in [0.25, 0.3) is 5.91 Å². The molecule has 0 aliphatic carbocycles. The van der Waals surface area contributed by atoms with E-state index in [9.17, 15) is 4.79 Å². The number of hydrogen-bond donors (Lipinski definition) is 2. The topological polar surface area (TPSA) is 41.1 Å². The van der Waals surface area contributed by atoms with Crippen molar-refractivity contribution in [1.82, 2.24) is 10.6 Å². The van der Waals surface area contributed by atoms with Gasteiger partial charge in [-0.05, 0) is 59.0 Å². The summed E-state index contributed by atoms with van der Waals surface area (Å²) in [7, 11) is 1.91. The molecule has 20 heavy (non-hydrogen) atoms. The van der Waals surface area contributed by atoms with E-state index in [2.05, 4.69) is 26.6 Å². The Kier molecular flexibility index (Phi) is 5.76. The Morgan fingerprint density at radius 1 is 1.30 bits per heavy atom. The molecule has 0 fully saturated rings. The van der Waals surface area contributed by atoms with E-state index in [1.807, 2.05) is 42.8 Å². The number of amides is 1. The molecule has 2 aromatic rings. The third-order valence-corrected chi connectivity index (χ3v) is 4.93. The normalized spacial score (nSPS) is 10.5. The number of halogens is 1.